The molecule has 23 heavy (non-hydrogen) atoms. The fourth-order valence-electron chi connectivity index (χ4n) is 2.94. The van der Waals surface area contributed by atoms with Gasteiger partial charge in [-0.3, -0.25) is 0 Å². The zero-order valence-electron chi connectivity index (χ0n) is 12.6. The number of hydrogen-bond acceptors (Lipinski definition) is 1. The minimum atomic E-state index is -0.202. The molecule has 2 aromatic heterocycles. The molecular weight excluding hydrogens is 289 g/mol. The number of para-hydroxylation sites is 1. The van der Waals surface area contributed by atoms with Crippen molar-refractivity contribution < 1.29 is 4.39 Å². The standard InChI is InChI=1S/C19H16FN3/c20-17-7-5-15(6-8-17)11-23-13-16(12-22-10-9-21-14-22)18-3-1-2-4-19(18)23/h1-10,13-14H,11-12H2. The van der Waals surface area contributed by atoms with Crippen LogP contribution in [-0.4, -0.2) is 14.1 Å². The van der Waals surface area contributed by atoms with Gasteiger partial charge in [-0.15, -0.1) is 0 Å². The second-order valence-corrected chi connectivity index (χ2v) is 5.66. The molecule has 4 rings (SSSR count). The number of aromatic nitrogens is 3. The molecule has 4 aromatic rings. The fourth-order valence-corrected chi connectivity index (χ4v) is 2.94. The van der Waals surface area contributed by atoms with Gasteiger partial charge in [0.15, 0.2) is 0 Å². The van der Waals surface area contributed by atoms with Crippen LogP contribution >= 0.6 is 0 Å². The van der Waals surface area contributed by atoms with Gasteiger partial charge in [0.25, 0.3) is 0 Å². The highest BCUT2D eigenvalue weighted by Crippen LogP contribution is 2.23. The van der Waals surface area contributed by atoms with Crippen LogP contribution in [-0.2, 0) is 13.1 Å². The maximum absolute atomic E-state index is 13.1. The van der Waals surface area contributed by atoms with Crippen molar-refractivity contribution in [1.29, 1.82) is 0 Å². The maximum atomic E-state index is 13.1. The van der Waals surface area contributed by atoms with E-state index in [9.17, 15) is 4.39 Å². The molecule has 0 aliphatic rings. The average molecular weight is 305 g/mol. The van der Waals surface area contributed by atoms with Gasteiger partial charge in [0.05, 0.1) is 12.9 Å². The van der Waals surface area contributed by atoms with E-state index in [-0.39, 0.29) is 5.82 Å². The lowest BCUT2D eigenvalue weighted by molar-refractivity contribution is 0.626. The normalized spacial score (nSPS) is 11.2. The number of halogens is 1. The molecule has 2 aromatic carbocycles. The summed E-state index contributed by atoms with van der Waals surface area (Å²) in [5, 5.41) is 1.24. The SMILES string of the molecule is Fc1ccc(Cn2cc(Cn3ccnc3)c3ccccc32)cc1. The molecule has 0 atom stereocenters. The Labute approximate surface area is 133 Å². The first-order valence-electron chi connectivity index (χ1n) is 7.56. The van der Waals surface area contributed by atoms with E-state index in [1.54, 1.807) is 6.20 Å². The molecule has 0 spiro atoms. The molecular formula is C19H16FN3. The smallest absolute Gasteiger partial charge is 0.123 e. The van der Waals surface area contributed by atoms with Crippen molar-refractivity contribution in [2.45, 2.75) is 13.1 Å². The summed E-state index contributed by atoms with van der Waals surface area (Å²) in [5.74, 6) is -0.202. The summed E-state index contributed by atoms with van der Waals surface area (Å²) in [5.41, 5.74) is 3.52. The Bertz CT molecular complexity index is 921. The van der Waals surface area contributed by atoms with Crippen LogP contribution in [0.4, 0.5) is 4.39 Å². The molecule has 0 fully saturated rings. The van der Waals surface area contributed by atoms with Gasteiger partial charge in [0, 0.05) is 36.0 Å². The Kier molecular flexibility index (Phi) is 3.42. The molecule has 0 aliphatic carbocycles. The largest absolute Gasteiger partial charge is 0.343 e. The lowest BCUT2D eigenvalue weighted by atomic mass is 10.2. The Hall–Kier alpha value is -2.88. The number of hydrogen-bond donors (Lipinski definition) is 0. The minimum absolute atomic E-state index is 0.202. The Morgan fingerprint density at radius 1 is 0.957 bits per heavy atom. The van der Waals surface area contributed by atoms with E-state index in [0.29, 0.717) is 0 Å². The molecule has 0 N–H and O–H groups in total. The highest BCUT2D eigenvalue weighted by Gasteiger charge is 2.09. The van der Waals surface area contributed by atoms with Crippen molar-refractivity contribution >= 4 is 10.9 Å². The monoisotopic (exact) mass is 305 g/mol. The minimum Gasteiger partial charge on any atom is -0.343 e. The summed E-state index contributed by atoms with van der Waals surface area (Å²) in [4.78, 5) is 4.10. The van der Waals surface area contributed by atoms with E-state index in [1.807, 2.05) is 30.7 Å². The molecule has 0 radical (unpaired) electrons. The molecule has 0 amide bonds. The first-order valence-corrected chi connectivity index (χ1v) is 7.56. The summed E-state index contributed by atoms with van der Waals surface area (Å²) in [6.07, 6.45) is 7.75. The lowest BCUT2D eigenvalue weighted by Gasteiger charge is -2.05. The van der Waals surface area contributed by atoms with Crippen LogP contribution in [0, 0.1) is 5.82 Å². The predicted molar refractivity (Wildman–Crippen MR) is 88.8 cm³/mol. The van der Waals surface area contributed by atoms with Gasteiger partial charge in [-0.2, -0.15) is 0 Å². The zero-order valence-corrected chi connectivity index (χ0v) is 12.6. The van der Waals surface area contributed by atoms with Crippen LogP contribution in [0.5, 0.6) is 0 Å². The van der Waals surface area contributed by atoms with Gasteiger partial charge in [0.2, 0.25) is 0 Å². The van der Waals surface area contributed by atoms with E-state index in [2.05, 4.69) is 38.5 Å². The predicted octanol–water partition coefficient (Wildman–Crippen LogP) is 4.07. The van der Waals surface area contributed by atoms with Crippen LogP contribution in [0.1, 0.15) is 11.1 Å². The second-order valence-electron chi connectivity index (χ2n) is 5.66. The number of rotatable bonds is 4. The molecule has 114 valence electrons. The first kappa shape index (κ1) is 13.8. The first-order chi connectivity index (χ1) is 11.3. The van der Waals surface area contributed by atoms with Crippen LogP contribution in [0.25, 0.3) is 10.9 Å². The van der Waals surface area contributed by atoms with Gasteiger partial charge < -0.3 is 9.13 Å². The van der Waals surface area contributed by atoms with E-state index in [0.717, 1.165) is 18.7 Å². The van der Waals surface area contributed by atoms with Crippen molar-refractivity contribution in [2.75, 3.05) is 0 Å². The maximum Gasteiger partial charge on any atom is 0.123 e. The summed E-state index contributed by atoms with van der Waals surface area (Å²) >= 11 is 0. The van der Waals surface area contributed by atoms with Crippen LogP contribution < -0.4 is 0 Å². The summed E-state index contributed by atoms with van der Waals surface area (Å²) in [6, 6.07) is 15.0. The van der Waals surface area contributed by atoms with Crippen molar-refractivity contribution in [1.82, 2.24) is 14.1 Å². The molecule has 2 heterocycles. The summed E-state index contributed by atoms with van der Waals surface area (Å²) in [6.45, 7) is 1.52. The number of nitrogens with zero attached hydrogens (tertiary/aromatic N) is 3. The van der Waals surface area contributed by atoms with E-state index in [4.69, 9.17) is 0 Å². The summed E-state index contributed by atoms with van der Waals surface area (Å²) in [7, 11) is 0. The third-order valence-corrected chi connectivity index (χ3v) is 4.05. The third-order valence-electron chi connectivity index (χ3n) is 4.05. The number of imidazole rings is 1. The van der Waals surface area contributed by atoms with E-state index in [1.165, 1.54) is 28.6 Å². The Balaban J connectivity index is 1.73. The highest BCUT2D eigenvalue weighted by atomic mass is 19.1. The molecule has 0 aliphatic heterocycles. The van der Waals surface area contributed by atoms with E-state index >= 15 is 0 Å². The van der Waals surface area contributed by atoms with Crippen LogP contribution in [0.2, 0.25) is 0 Å². The Morgan fingerprint density at radius 2 is 1.78 bits per heavy atom. The second kappa shape index (κ2) is 5.72. The molecule has 0 saturated heterocycles. The van der Waals surface area contributed by atoms with Crippen LogP contribution in [0.3, 0.4) is 0 Å². The molecule has 0 saturated carbocycles. The third kappa shape index (κ3) is 2.75. The van der Waals surface area contributed by atoms with E-state index < -0.39 is 0 Å². The number of benzene rings is 2. The molecule has 3 nitrogen and oxygen atoms in total. The van der Waals surface area contributed by atoms with Crippen molar-refractivity contribution in [3.8, 4) is 0 Å². The quantitative estimate of drug-likeness (QED) is 0.557. The molecule has 0 unspecified atom stereocenters. The average Bonchev–Trinajstić information content (AvgIpc) is 3.19. The Morgan fingerprint density at radius 3 is 2.57 bits per heavy atom. The van der Waals surface area contributed by atoms with Crippen molar-refractivity contribution in [2.24, 2.45) is 0 Å². The van der Waals surface area contributed by atoms with Gasteiger partial charge >= 0.3 is 0 Å². The molecule has 0 bridgehead atoms. The lowest BCUT2D eigenvalue weighted by Crippen LogP contribution is -1.98. The van der Waals surface area contributed by atoms with Crippen molar-refractivity contribution in [3.63, 3.8) is 0 Å². The van der Waals surface area contributed by atoms with Crippen LogP contribution in [0.15, 0.2) is 73.4 Å². The fraction of sp³-hybridized carbons (Fsp3) is 0.105. The summed E-state index contributed by atoms with van der Waals surface area (Å²) < 4.78 is 17.4. The van der Waals surface area contributed by atoms with Gasteiger partial charge in [0.1, 0.15) is 5.82 Å². The van der Waals surface area contributed by atoms with Gasteiger partial charge in [-0.25, -0.2) is 9.37 Å². The van der Waals surface area contributed by atoms with Crippen molar-refractivity contribution in [3.05, 3.63) is 90.4 Å². The van der Waals surface area contributed by atoms with Gasteiger partial charge in [-0.1, -0.05) is 30.3 Å². The molecule has 4 heteroatoms. The zero-order chi connectivity index (χ0) is 15.6. The van der Waals surface area contributed by atoms with Gasteiger partial charge in [-0.05, 0) is 29.3 Å². The topological polar surface area (TPSA) is 22.8 Å². The highest BCUT2D eigenvalue weighted by molar-refractivity contribution is 5.84. The number of fused-ring (bicyclic) bond motifs is 1.